The third kappa shape index (κ3) is 6.80. The van der Waals surface area contributed by atoms with E-state index in [0.717, 1.165) is 30.0 Å². The molecule has 1 saturated carbocycles. The summed E-state index contributed by atoms with van der Waals surface area (Å²) < 4.78 is 47.8. The Bertz CT molecular complexity index is 1410. The molecule has 1 N–H and O–H groups in total. The lowest BCUT2D eigenvalue weighted by Gasteiger charge is -2.32. The van der Waals surface area contributed by atoms with Crippen molar-refractivity contribution in [2.24, 2.45) is 0 Å². The van der Waals surface area contributed by atoms with Gasteiger partial charge >= 0.3 is 0 Å². The Kier molecular flexibility index (Phi) is 9.42. The molecule has 0 saturated heterocycles. The number of para-hydroxylation sites is 2. The van der Waals surface area contributed by atoms with E-state index in [-0.39, 0.29) is 34.8 Å². The molecule has 0 heterocycles. The van der Waals surface area contributed by atoms with Crippen molar-refractivity contribution in [1.82, 2.24) is 10.2 Å². The minimum atomic E-state index is -4.20. The minimum Gasteiger partial charge on any atom is -0.495 e. The fourth-order valence-corrected chi connectivity index (χ4v) is 6.28. The van der Waals surface area contributed by atoms with Crippen molar-refractivity contribution >= 4 is 27.5 Å². The van der Waals surface area contributed by atoms with E-state index < -0.39 is 34.3 Å². The van der Waals surface area contributed by atoms with E-state index in [2.05, 4.69) is 5.32 Å². The van der Waals surface area contributed by atoms with E-state index in [0.29, 0.717) is 5.56 Å². The highest BCUT2D eigenvalue weighted by Crippen LogP contribution is 2.32. The average Bonchev–Trinajstić information content (AvgIpc) is 3.48. The quantitative estimate of drug-likeness (QED) is 0.368. The Balaban J connectivity index is 1.70. The van der Waals surface area contributed by atoms with Gasteiger partial charge in [0.15, 0.2) is 0 Å². The van der Waals surface area contributed by atoms with Gasteiger partial charge in [-0.15, -0.1) is 0 Å². The van der Waals surface area contributed by atoms with E-state index in [1.807, 2.05) is 0 Å². The number of ether oxygens (including phenoxy) is 1. The van der Waals surface area contributed by atoms with E-state index >= 15 is 0 Å². The molecule has 0 radical (unpaired) electrons. The van der Waals surface area contributed by atoms with Crippen LogP contribution in [0.1, 0.15) is 38.2 Å². The molecule has 0 aromatic heterocycles. The molecule has 0 aliphatic heterocycles. The molecule has 1 aliphatic carbocycles. The van der Waals surface area contributed by atoms with Gasteiger partial charge in [-0.25, -0.2) is 12.8 Å². The van der Waals surface area contributed by atoms with E-state index in [9.17, 15) is 22.4 Å². The Morgan fingerprint density at radius 2 is 1.60 bits per heavy atom. The molecule has 8 nitrogen and oxygen atoms in total. The lowest BCUT2D eigenvalue weighted by Crippen LogP contribution is -2.52. The highest BCUT2D eigenvalue weighted by molar-refractivity contribution is 7.92. The lowest BCUT2D eigenvalue weighted by atomic mass is 10.1. The van der Waals surface area contributed by atoms with Gasteiger partial charge in [-0.2, -0.15) is 0 Å². The Hall–Kier alpha value is -3.92. The zero-order valence-electron chi connectivity index (χ0n) is 22.6. The van der Waals surface area contributed by atoms with Gasteiger partial charge in [0.2, 0.25) is 11.8 Å². The maximum atomic E-state index is 14.0. The smallest absolute Gasteiger partial charge is 0.264 e. The number of hydrogen-bond donors (Lipinski definition) is 1. The number of rotatable bonds is 11. The first-order valence-corrected chi connectivity index (χ1v) is 14.7. The molecule has 1 atom stereocenters. The minimum absolute atomic E-state index is 0.00538. The van der Waals surface area contributed by atoms with Crippen molar-refractivity contribution < 1.29 is 27.1 Å². The highest BCUT2D eigenvalue weighted by atomic mass is 32.2. The molecule has 4 rings (SSSR count). The van der Waals surface area contributed by atoms with Crippen LogP contribution in [0.5, 0.6) is 5.75 Å². The molecule has 1 fully saturated rings. The topological polar surface area (TPSA) is 96.0 Å². The normalized spacial score (nSPS) is 14.4. The van der Waals surface area contributed by atoms with Crippen LogP contribution in [0.4, 0.5) is 10.1 Å². The number of amides is 2. The number of nitrogens with one attached hydrogen (secondary N) is 1. The summed E-state index contributed by atoms with van der Waals surface area (Å²) in [7, 11) is -2.78. The second kappa shape index (κ2) is 13.0. The summed E-state index contributed by atoms with van der Waals surface area (Å²) in [6, 6.07) is 19.1. The van der Waals surface area contributed by atoms with Gasteiger partial charge in [0.1, 0.15) is 24.2 Å². The summed E-state index contributed by atoms with van der Waals surface area (Å²) in [6.45, 7) is 1.02. The monoisotopic (exact) mass is 567 g/mol. The van der Waals surface area contributed by atoms with Gasteiger partial charge in [0.25, 0.3) is 10.0 Å². The van der Waals surface area contributed by atoms with E-state index in [1.165, 1.54) is 48.4 Å². The molecule has 0 bridgehead atoms. The number of benzene rings is 3. The van der Waals surface area contributed by atoms with Crippen LogP contribution in [0.3, 0.4) is 0 Å². The third-order valence-electron chi connectivity index (χ3n) is 7.10. The van der Waals surface area contributed by atoms with Crippen molar-refractivity contribution in [2.45, 2.75) is 56.1 Å². The van der Waals surface area contributed by atoms with Gasteiger partial charge in [-0.1, -0.05) is 55.3 Å². The number of nitrogens with zero attached hydrogens (tertiary/aromatic N) is 2. The number of anilines is 1. The Morgan fingerprint density at radius 3 is 2.25 bits per heavy atom. The van der Waals surface area contributed by atoms with Gasteiger partial charge in [0, 0.05) is 12.6 Å². The fourth-order valence-electron chi connectivity index (χ4n) is 4.83. The van der Waals surface area contributed by atoms with Crippen LogP contribution in [-0.2, 0) is 26.2 Å². The predicted molar refractivity (Wildman–Crippen MR) is 151 cm³/mol. The van der Waals surface area contributed by atoms with Crippen LogP contribution in [0.15, 0.2) is 83.8 Å². The van der Waals surface area contributed by atoms with Crippen molar-refractivity contribution in [2.75, 3.05) is 18.0 Å². The maximum Gasteiger partial charge on any atom is 0.264 e. The molecule has 3 aromatic carbocycles. The summed E-state index contributed by atoms with van der Waals surface area (Å²) >= 11 is 0. The molecule has 212 valence electrons. The zero-order chi connectivity index (χ0) is 28.7. The summed E-state index contributed by atoms with van der Waals surface area (Å²) in [4.78, 5) is 28.6. The maximum absolute atomic E-state index is 14.0. The molecule has 10 heteroatoms. The largest absolute Gasteiger partial charge is 0.495 e. The standard InChI is InChI=1S/C30H34FN3O5S/c1-22(30(36)32-25-10-6-7-11-25)33(20-23-16-18-24(31)19-17-23)29(35)21-34(27-14-8-9-15-28(27)39-2)40(37,38)26-12-4-3-5-13-26/h3-5,8-9,12-19,22,25H,6-7,10-11,20-21H2,1-2H3,(H,32,36). The molecule has 40 heavy (non-hydrogen) atoms. The summed E-state index contributed by atoms with van der Waals surface area (Å²) in [5.74, 6) is -1.07. The fraction of sp³-hybridized carbons (Fsp3) is 0.333. The van der Waals surface area contributed by atoms with Gasteiger partial charge < -0.3 is 15.0 Å². The van der Waals surface area contributed by atoms with Crippen molar-refractivity contribution in [3.8, 4) is 5.75 Å². The van der Waals surface area contributed by atoms with Crippen LogP contribution >= 0.6 is 0 Å². The molecule has 1 aliphatic rings. The number of sulfonamides is 1. The Morgan fingerprint density at radius 1 is 0.975 bits per heavy atom. The molecule has 3 aromatic rings. The van der Waals surface area contributed by atoms with Crippen molar-refractivity contribution in [3.63, 3.8) is 0 Å². The average molecular weight is 568 g/mol. The van der Waals surface area contributed by atoms with Gasteiger partial charge in [-0.05, 0) is 61.7 Å². The van der Waals surface area contributed by atoms with Gasteiger partial charge in [0.05, 0.1) is 17.7 Å². The molecule has 0 spiro atoms. The van der Waals surface area contributed by atoms with Crippen LogP contribution in [0, 0.1) is 5.82 Å². The first-order chi connectivity index (χ1) is 19.2. The van der Waals surface area contributed by atoms with Crippen LogP contribution < -0.4 is 14.4 Å². The summed E-state index contributed by atoms with van der Waals surface area (Å²) in [6.07, 6.45) is 3.81. The SMILES string of the molecule is COc1ccccc1N(CC(=O)N(Cc1ccc(F)cc1)C(C)C(=O)NC1CCCC1)S(=O)(=O)c1ccccc1. The highest BCUT2D eigenvalue weighted by Gasteiger charge is 2.34. The molecular weight excluding hydrogens is 533 g/mol. The van der Waals surface area contributed by atoms with Gasteiger partial charge in [-0.3, -0.25) is 13.9 Å². The number of carbonyl (C=O) groups is 2. The second-order valence-corrected chi connectivity index (χ2v) is 11.7. The second-order valence-electron chi connectivity index (χ2n) is 9.81. The first kappa shape index (κ1) is 29.1. The Labute approximate surface area is 234 Å². The molecule has 2 amide bonds. The van der Waals surface area contributed by atoms with Crippen LogP contribution in [-0.4, -0.2) is 50.9 Å². The summed E-state index contributed by atoms with van der Waals surface area (Å²) in [5, 5.41) is 3.02. The lowest BCUT2D eigenvalue weighted by molar-refractivity contribution is -0.139. The molecular formula is C30H34FN3O5S. The zero-order valence-corrected chi connectivity index (χ0v) is 23.4. The summed E-state index contributed by atoms with van der Waals surface area (Å²) in [5.41, 5.74) is 0.789. The number of hydrogen-bond acceptors (Lipinski definition) is 5. The van der Waals surface area contributed by atoms with Crippen molar-refractivity contribution in [1.29, 1.82) is 0 Å². The number of methoxy groups -OCH3 is 1. The van der Waals surface area contributed by atoms with E-state index in [4.69, 9.17) is 4.74 Å². The first-order valence-electron chi connectivity index (χ1n) is 13.3. The van der Waals surface area contributed by atoms with Crippen LogP contribution in [0.2, 0.25) is 0 Å². The van der Waals surface area contributed by atoms with E-state index in [1.54, 1.807) is 49.4 Å². The number of carbonyl (C=O) groups excluding carboxylic acids is 2. The van der Waals surface area contributed by atoms with Crippen LogP contribution in [0.25, 0.3) is 0 Å². The predicted octanol–water partition coefficient (Wildman–Crippen LogP) is 4.51. The molecule has 1 unspecified atom stereocenters. The number of halogens is 1. The third-order valence-corrected chi connectivity index (χ3v) is 8.87. The van der Waals surface area contributed by atoms with Crippen molar-refractivity contribution in [3.05, 3.63) is 90.2 Å².